The van der Waals surface area contributed by atoms with Crippen molar-refractivity contribution < 1.29 is 23.9 Å². The molecule has 1 aliphatic heterocycles. The fourth-order valence-electron chi connectivity index (χ4n) is 2.89. The summed E-state index contributed by atoms with van der Waals surface area (Å²) in [5.74, 6) is -1.09. The molecule has 2 rings (SSSR count). The third-order valence-corrected chi connectivity index (χ3v) is 4.18. The van der Waals surface area contributed by atoms with Crippen LogP contribution in [0.3, 0.4) is 0 Å². The Labute approximate surface area is 152 Å². The second-order valence-corrected chi connectivity index (χ2v) is 6.62. The Kier molecular flexibility index (Phi) is 6.49. The normalized spacial score (nSPS) is 13.2. The third kappa shape index (κ3) is 4.47. The van der Waals surface area contributed by atoms with E-state index in [0.717, 1.165) is 4.90 Å². The molecule has 0 radical (unpaired) electrons. The van der Waals surface area contributed by atoms with E-state index >= 15 is 0 Å². The smallest absolute Gasteiger partial charge is 0.307 e. The molecule has 0 spiro atoms. The van der Waals surface area contributed by atoms with Gasteiger partial charge in [-0.3, -0.25) is 24.1 Å². The Morgan fingerprint density at radius 1 is 1.08 bits per heavy atom. The molecule has 0 unspecified atom stereocenters. The van der Waals surface area contributed by atoms with Crippen LogP contribution in [0, 0.1) is 5.92 Å². The molecule has 0 saturated heterocycles. The highest BCUT2D eigenvalue weighted by Crippen LogP contribution is 2.22. The predicted octanol–water partition coefficient (Wildman–Crippen LogP) is 1.72. The van der Waals surface area contributed by atoms with Gasteiger partial charge in [0.1, 0.15) is 0 Å². The van der Waals surface area contributed by atoms with Gasteiger partial charge in [-0.05, 0) is 18.1 Å². The van der Waals surface area contributed by atoms with E-state index in [4.69, 9.17) is 0 Å². The summed E-state index contributed by atoms with van der Waals surface area (Å²) in [6, 6.07) is 6.63. The van der Waals surface area contributed by atoms with Crippen LogP contribution in [0.5, 0.6) is 0 Å². The molecule has 3 amide bonds. The minimum absolute atomic E-state index is 0.0258. The van der Waals surface area contributed by atoms with Gasteiger partial charge >= 0.3 is 5.97 Å². The molecular formula is C19H24N2O5. The molecule has 1 heterocycles. The van der Waals surface area contributed by atoms with E-state index in [0.29, 0.717) is 17.7 Å². The number of methoxy groups -OCH3 is 1. The van der Waals surface area contributed by atoms with Crippen molar-refractivity contribution in [2.75, 3.05) is 26.7 Å². The standard InChI is InChI=1S/C19H24N2O5/c1-13(2)12-20(10-9-17(23)26-3)16(22)8-11-21-18(24)14-6-4-5-7-15(14)19(21)25/h4-7,13H,8-12H2,1-3H3. The molecule has 140 valence electrons. The topological polar surface area (TPSA) is 84.0 Å². The molecule has 0 atom stereocenters. The van der Waals surface area contributed by atoms with Gasteiger partial charge in [-0.2, -0.15) is 0 Å². The van der Waals surface area contributed by atoms with Crippen LogP contribution in [0.15, 0.2) is 24.3 Å². The van der Waals surface area contributed by atoms with Crippen LogP contribution in [0.25, 0.3) is 0 Å². The van der Waals surface area contributed by atoms with Crippen LogP contribution in [0.4, 0.5) is 0 Å². The number of imide groups is 1. The molecule has 1 aliphatic rings. The molecule has 0 aromatic heterocycles. The van der Waals surface area contributed by atoms with Gasteiger partial charge in [0.2, 0.25) is 5.91 Å². The Balaban J connectivity index is 1.98. The Morgan fingerprint density at radius 2 is 1.65 bits per heavy atom. The molecule has 7 heteroatoms. The van der Waals surface area contributed by atoms with Gasteiger partial charge < -0.3 is 9.64 Å². The number of ether oxygens (including phenoxy) is 1. The van der Waals surface area contributed by atoms with E-state index in [9.17, 15) is 19.2 Å². The van der Waals surface area contributed by atoms with Gasteiger partial charge in [0.05, 0.1) is 24.7 Å². The minimum Gasteiger partial charge on any atom is -0.469 e. The minimum atomic E-state index is -0.382. The van der Waals surface area contributed by atoms with Crippen LogP contribution in [-0.2, 0) is 14.3 Å². The molecule has 0 fully saturated rings. The number of hydrogen-bond donors (Lipinski definition) is 0. The number of hydrogen-bond acceptors (Lipinski definition) is 5. The SMILES string of the molecule is COC(=O)CCN(CC(C)C)C(=O)CCN1C(=O)c2ccccc2C1=O. The molecule has 0 saturated carbocycles. The van der Waals surface area contributed by atoms with Crippen molar-refractivity contribution in [3.63, 3.8) is 0 Å². The monoisotopic (exact) mass is 360 g/mol. The van der Waals surface area contributed by atoms with Crippen LogP contribution in [0.1, 0.15) is 47.4 Å². The summed E-state index contributed by atoms with van der Waals surface area (Å²) in [6.07, 6.45) is 0.140. The molecule has 0 aliphatic carbocycles. The maximum absolute atomic E-state index is 12.5. The fourth-order valence-corrected chi connectivity index (χ4v) is 2.89. The number of amides is 3. The second-order valence-electron chi connectivity index (χ2n) is 6.62. The number of rotatable bonds is 8. The largest absolute Gasteiger partial charge is 0.469 e. The summed E-state index contributed by atoms with van der Waals surface area (Å²) in [5.41, 5.74) is 0.740. The number of benzene rings is 1. The Hall–Kier alpha value is -2.70. The first-order valence-electron chi connectivity index (χ1n) is 8.65. The van der Waals surface area contributed by atoms with E-state index in [2.05, 4.69) is 4.74 Å². The summed E-state index contributed by atoms with van der Waals surface area (Å²) in [5, 5.41) is 0. The maximum atomic E-state index is 12.5. The summed E-state index contributed by atoms with van der Waals surface area (Å²) in [7, 11) is 1.30. The molecule has 1 aromatic rings. The van der Waals surface area contributed by atoms with Gasteiger partial charge in [0, 0.05) is 26.1 Å². The number of esters is 1. The van der Waals surface area contributed by atoms with Crippen molar-refractivity contribution in [2.24, 2.45) is 5.92 Å². The first-order valence-corrected chi connectivity index (χ1v) is 8.65. The fraction of sp³-hybridized carbons (Fsp3) is 0.474. The van der Waals surface area contributed by atoms with Crippen molar-refractivity contribution in [3.8, 4) is 0 Å². The molecule has 0 N–H and O–H groups in total. The van der Waals surface area contributed by atoms with E-state index in [1.54, 1.807) is 29.2 Å². The van der Waals surface area contributed by atoms with E-state index in [-0.39, 0.29) is 55.5 Å². The van der Waals surface area contributed by atoms with Gasteiger partial charge in [0.25, 0.3) is 11.8 Å². The summed E-state index contributed by atoms with van der Waals surface area (Å²) in [6.45, 7) is 4.73. The molecule has 26 heavy (non-hydrogen) atoms. The lowest BCUT2D eigenvalue weighted by Crippen LogP contribution is -2.39. The number of carbonyl (C=O) groups is 4. The van der Waals surface area contributed by atoms with Crippen LogP contribution in [-0.4, -0.2) is 60.2 Å². The van der Waals surface area contributed by atoms with Crippen LogP contribution < -0.4 is 0 Å². The summed E-state index contributed by atoms with van der Waals surface area (Å²) in [4.78, 5) is 51.3. The van der Waals surface area contributed by atoms with E-state index in [1.807, 2.05) is 13.8 Å². The van der Waals surface area contributed by atoms with Gasteiger partial charge in [-0.25, -0.2) is 0 Å². The summed E-state index contributed by atoms with van der Waals surface area (Å²) >= 11 is 0. The van der Waals surface area contributed by atoms with E-state index in [1.165, 1.54) is 7.11 Å². The van der Waals surface area contributed by atoms with Crippen molar-refractivity contribution in [1.82, 2.24) is 9.80 Å². The zero-order valence-electron chi connectivity index (χ0n) is 15.4. The lowest BCUT2D eigenvalue weighted by atomic mass is 10.1. The van der Waals surface area contributed by atoms with Crippen molar-refractivity contribution >= 4 is 23.7 Å². The highest BCUT2D eigenvalue weighted by atomic mass is 16.5. The van der Waals surface area contributed by atoms with E-state index < -0.39 is 0 Å². The summed E-state index contributed by atoms with van der Waals surface area (Å²) < 4.78 is 4.62. The van der Waals surface area contributed by atoms with Gasteiger partial charge in [0.15, 0.2) is 0 Å². The van der Waals surface area contributed by atoms with Crippen molar-refractivity contribution in [1.29, 1.82) is 0 Å². The molecule has 1 aromatic carbocycles. The average molecular weight is 360 g/mol. The van der Waals surface area contributed by atoms with Crippen LogP contribution in [0.2, 0.25) is 0 Å². The van der Waals surface area contributed by atoms with Gasteiger partial charge in [-0.15, -0.1) is 0 Å². The molecule has 0 bridgehead atoms. The highest BCUT2D eigenvalue weighted by Gasteiger charge is 2.35. The highest BCUT2D eigenvalue weighted by molar-refractivity contribution is 6.21. The van der Waals surface area contributed by atoms with Gasteiger partial charge in [-0.1, -0.05) is 26.0 Å². The lowest BCUT2D eigenvalue weighted by molar-refractivity contribution is -0.141. The number of nitrogens with zero attached hydrogens (tertiary/aromatic N) is 2. The second kappa shape index (κ2) is 8.60. The Morgan fingerprint density at radius 3 is 2.15 bits per heavy atom. The molecular weight excluding hydrogens is 336 g/mol. The zero-order chi connectivity index (χ0) is 19.3. The first kappa shape index (κ1) is 19.6. The average Bonchev–Trinajstić information content (AvgIpc) is 2.87. The third-order valence-electron chi connectivity index (χ3n) is 4.18. The maximum Gasteiger partial charge on any atom is 0.307 e. The van der Waals surface area contributed by atoms with Crippen molar-refractivity contribution in [3.05, 3.63) is 35.4 Å². The zero-order valence-corrected chi connectivity index (χ0v) is 15.4. The first-order chi connectivity index (χ1) is 12.3. The predicted molar refractivity (Wildman–Crippen MR) is 94.5 cm³/mol. The number of fused-ring (bicyclic) bond motifs is 1. The molecule has 7 nitrogen and oxygen atoms in total. The number of carbonyl (C=O) groups excluding carboxylic acids is 4. The van der Waals surface area contributed by atoms with Crippen molar-refractivity contribution in [2.45, 2.75) is 26.7 Å². The quantitative estimate of drug-likeness (QED) is 0.521. The lowest BCUT2D eigenvalue weighted by Gasteiger charge is -2.25. The Bertz CT molecular complexity index is 679. The van der Waals surface area contributed by atoms with Crippen LogP contribution >= 0.6 is 0 Å².